The third-order valence-corrected chi connectivity index (χ3v) is 5.14. The molecule has 2 nitrogen and oxygen atoms in total. The monoisotopic (exact) mass is 304 g/mol. The van der Waals surface area contributed by atoms with Gasteiger partial charge in [-0.05, 0) is 17.7 Å². The van der Waals surface area contributed by atoms with Crippen LogP contribution in [0.1, 0.15) is 18.5 Å². The Hall–Kier alpha value is 0.0700. The smallest absolute Gasteiger partial charge is 0.0595 e. The Balaban J connectivity index is 2.18. The molecule has 0 saturated carbocycles. The molecule has 0 spiro atoms. The molecular formula is C13H18Cl2N2S. The molecule has 2 atom stereocenters. The average molecular weight is 305 g/mol. The maximum atomic E-state index is 6.09. The van der Waals surface area contributed by atoms with Crippen molar-refractivity contribution in [3.63, 3.8) is 0 Å². The number of hydrogen-bond donors (Lipinski definition) is 1. The first-order chi connectivity index (χ1) is 8.61. The highest BCUT2D eigenvalue weighted by molar-refractivity contribution is 7.99. The van der Waals surface area contributed by atoms with E-state index in [4.69, 9.17) is 28.9 Å². The van der Waals surface area contributed by atoms with Crippen molar-refractivity contribution in [3.8, 4) is 0 Å². The lowest BCUT2D eigenvalue weighted by Gasteiger charge is -2.36. The van der Waals surface area contributed by atoms with Gasteiger partial charge in [-0.1, -0.05) is 36.2 Å². The van der Waals surface area contributed by atoms with E-state index in [2.05, 4.69) is 11.8 Å². The zero-order valence-electron chi connectivity index (χ0n) is 10.4. The van der Waals surface area contributed by atoms with Crippen LogP contribution in [-0.4, -0.2) is 35.5 Å². The molecule has 18 heavy (non-hydrogen) atoms. The predicted molar refractivity (Wildman–Crippen MR) is 81.8 cm³/mol. The number of benzene rings is 1. The molecule has 1 saturated heterocycles. The highest BCUT2D eigenvalue weighted by Crippen LogP contribution is 2.30. The molecule has 100 valence electrons. The van der Waals surface area contributed by atoms with Gasteiger partial charge >= 0.3 is 0 Å². The Kier molecular flexibility index (Phi) is 5.22. The highest BCUT2D eigenvalue weighted by atomic mass is 35.5. The summed E-state index contributed by atoms with van der Waals surface area (Å²) in [6.07, 6.45) is 0. The van der Waals surface area contributed by atoms with Gasteiger partial charge in [-0.2, -0.15) is 11.8 Å². The van der Waals surface area contributed by atoms with Crippen LogP contribution in [0.25, 0.3) is 0 Å². The van der Waals surface area contributed by atoms with E-state index in [0.717, 1.165) is 18.7 Å². The molecule has 1 aliphatic heterocycles. The van der Waals surface area contributed by atoms with Crippen LogP contribution in [0, 0.1) is 0 Å². The van der Waals surface area contributed by atoms with E-state index in [1.54, 1.807) is 0 Å². The van der Waals surface area contributed by atoms with Crippen LogP contribution in [-0.2, 0) is 0 Å². The molecule has 2 N–H and O–H groups in total. The van der Waals surface area contributed by atoms with E-state index in [0.29, 0.717) is 21.8 Å². The largest absolute Gasteiger partial charge is 0.329 e. The van der Waals surface area contributed by atoms with Crippen molar-refractivity contribution in [1.82, 2.24) is 4.90 Å². The second kappa shape index (κ2) is 6.49. The predicted octanol–water partition coefficient (Wildman–Crippen LogP) is 3.43. The zero-order chi connectivity index (χ0) is 13.1. The van der Waals surface area contributed by atoms with Crippen LogP contribution in [0.5, 0.6) is 0 Å². The van der Waals surface area contributed by atoms with Gasteiger partial charge < -0.3 is 5.73 Å². The van der Waals surface area contributed by atoms with Gasteiger partial charge in [0.15, 0.2) is 0 Å². The van der Waals surface area contributed by atoms with Gasteiger partial charge in [-0.25, -0.2) is 0 Å². The third kappa shape index (κ3) is 3.34. The normalized spacial score (nSPS) is 23.0. The van der Waals surface area contributed by atoms with E-state index in [-0.39, 0.29) is 6.04 Å². The Morgan fingerprint density at radius 3 is 2.83 bits per heavy atom. The Morgan fingerprint density at radius 2 is 2.22 bits per heavy atom. The number of halogens is 2. The summed E-state index contributed by atoms with van der Waals surface area (Å²) in [6, 6.07) is 6.05. The lowest BCUT2D eigenvalue weighted by molar-refractivity contribution is 0.211. The SMILES string of the molecule is CC1CN(C(CN)c2ccc(Cl)c(Cl)c2)CCS1. The average Bonchev–Trinajstić information content (AvgIpc) is 2.35. The van der Waals surface area contributed by atoms with Gasteiger partial charge in [-0.15, -0.1) is 0 Å². The van der Waals surface area contributed by atoms with Crippen molar-refractivity contribution in [2.45, 2.75) is 18.2 Å². The zero-order valence-corrected chi connectivity index (χ0v) is 12.7. The summed E-state index contributed by atoms with van der Waals surface area (Å²) in [6.45, 7) is 5.03. The fourth-order valence-corrected chi connectivity index (χ4v) is 3.69. The van der Waals surface area contributed by atoms with Crippen LogP contribution < -0.4 is 5.73 Å². The summed E-state index contributed by atoms with van der Waals surface area (Å²) < 4.78 is 0. The fourth-order valence-electron chi connectivity index (χ4n) is 2.34. The minimum absolute atomic E-state index is 0.239. The summed E-state index contributed by atoms with van der Waals surface area (Å²) in [7, 11) is 0. The summed E-state index contributed by atoms with van der Waals surface area (Å²) in [5.74, 6) is 1.17. The standard InChI is InChI=1S/C13H18Cl2N2S/c1-9-8-17(4-5-18-9)13(7-16)10-2-3-11(14)12(15)6-10/h2-3,6,9,13H,4-5,7-8,16H2,1H3. The molecule has 1 fully saturated rings. The molecule has 1 aliphatic rings. The van der Waals surface area contributed by atoms with E-state index in [9.17, 15) is 0 Å². The first-order valence-corrected chi connectivity index (χ1v) is 7.93. The quantitative estimate of drug-likeness (QED) is 0.927. The lowest BCUT2D eigenvalue weighted by atomic mass is 10.0. The number of hydrogen-bond acceptors (Lipinski definition) is 3. The van der Waals surface area contributed by atoms with Crippen molar-refractivity contribution in [1.29, 1.82) is 0 Å². The number of nitrogens with two attached hydrogens (primary N) is 1. The molecule has 2 rings (SSSR count). The number of thioether (sulfide) groups is 1. The lowest BCUT2D eigenvalue weighted by Crippen LogP contribution is -2.42. The molecule has 2 unspecified atom stereocenters. The first-order valence-electron chi connectivity index (χ1n) is 6.12. The molecule has 1 heterocycles. The highest BCUT2D eigenvalue weighted by Gasteiger charge is 2.24. The van der Waals surface area contributed by atoms with Crippen LogP contribution in [0.15, 0.2) is 18.2 Å². The van der Waals surface area contributed by atoms with Crippen LogP contribution in [0.2, 0.25) is 10.0 Å². The van der Waals surface area contributed by atoms with Gasteiger partial charge in [0.05, 0.1) is 10.0 Å². The first kappa shape index (κ1) is 14.5. The Bertz CT molecular complexity index is 414. The molecule has 0 aliphatic carbocycles. The fraction of sp³-hybridized carbons (Fsp3) is 0.538. The molecular weight excluding hydrogens is 287 g/mol. The van der Waals surface area contributed by atoms with E-state index < -0.39 is 0 Å². The Labute approximate surface area is 123 Å². The molecule has 0 bridgehead atoms. The van der Waals surface area contributed by atoms with Crippen molar-refractivity contribution in [2.75, 3.05) is 25.4 Å². The molecule has 0 aromatic heterocycles. The maximum absolute atomic E-state index is 6.09. The minimum atomic E-state index is 0.239. The third-order valence-electron chi connectivity index (χ3n) is 3.26. The second-order valence-corrected chi connectivity index (χ2v) is 6.96. The maximum Gasteiger partial charge on any atom is 0.0595 e. The van der Waals surface area contributed by atoms with E-state index >= 15 is 0 Å². The summed E-state index contributed by atoms with van der Waals surface area (Å²) in [5.41, 5.74) is 7.10. The molecule has 0 radical (unpaired) electrons. The summed E-state index contributed by atoms with van der Waals surface area (Å²) in [5, 5.41) is 1.86. The van der Waals surface area contributed by atoms with E-state index in [1.165, 1.54) is 5.75 Å². The molecule has 0 amide bonds. The van der Waals surface area contributed by atoms with Crippen LogP contribution >= 0.6 is 35.0 Å². The molecule has 5 heteroatoms. The van der Waals surface area contributed by atoms with Gasteiger partial charge in [0.2, 0.25) is 0 Å². The van der Waals surface area contributed by atoms with Crippen molar-refractivity contribution in [3.05, 3.63) is 33.8 Å². The van der Waals surface area contributed by atoms with Crippen LogP contribution in [0.4, 0.5) is 0 Å². The topological polar surface area (TPSA) is 29.3 Å². The molecule has 1 aromatic rings. The summed E-state index contributed by atoms with van der Waals surface area (Å²) >= 11 is 14.1. The van der Waals surface area contributed by atoms with E-state index in [1.807, 2.05) is 30.0 Å². The summed E-state index contributed by atoms with van der Waals surface area (Å²) in [4.78, 5) is 2.45. The van der Waals surface area contributed by atoms with Crippen LogP contribution in [0.3, 0.4) is 0 Å². The van der Waals surface area contributed by atoms with Gasteiger partial charge in [0.1, 0.15) is 0 Å². The van der Waals surface area contributed by atoms with Crippen molar-refractivity contribution >= 4 is 35.0 Å². The second-order valence-electron chi connectivity index (χ2n) is 4.60. The van der Waals surface area contributed by atoms with Crippen molar-refractivity contribution in [2.24, 2.45) is 5.73 Å². The minimum Gasteiger partial charge on any atom is -0.329 e. The number of nitrogens with zero attached hydrogens (tertiary/aromatic N) is 1. The van der Waals surface area contributed by atoms with Gasteiger partial charge in [0.25, 0.3) is 0 Å². The van der Waals surface area contributed by atoms with Gasteiger partial charge in [-0.3, -0.25) is 4.90 Å². The van der Waals surface area contributed by atoms with Gasteiger partial charge in [0, 0.05) is 36.7 Å². The van der Waals surface area contributed by atoms with Crippen molar-refractivity contribution < 1.29 is 0 Å². The molecule has 1 aromatic carbocycles. The Morgan fingerprint density at radius 1 is 1.44 bits per heavy atom. The number of rotatable bonds is 3.